The number of esters is 1. The quantitative estimate of drug-likeness (QED) is 0.634. The zero-order chi connectivity index (χ0) is 19.8. The van der Waals surface area contributed by atoms with Crippen LogP contribution in [0.1, 0.15) is 22.8 Å². The maximum atomic E-state index is 12.2. The summed E-state index contributed by atoms with van der Waals surface area (Å²) in [6, 6.07) is 19.9. The number of hydrogen-bond acceptors (Lipinski definition) is 5. The first-order chi connectivity index (χ1) is 13.6. The molecular weight excluding hydrogens is 356 g/mol. The van der Waals surface area contributed by atoms with Crippen LogP contribution in [0, 0.1) is 0 Å². The maximum Gasteiger partial charge on any atom is 0.339 e. The third-order valence-corrected chi connectivity index (χ3v) is 3.94. The van der Waals surface area contributed by atoms with Crippen molar-refractivity contribution in [3.63, 3.8) is 0 Å². The van der Waals surface area contributed by atoms with Crippen LogP contribution in [0.3, 0.4) is 0 Å². The Kier molecular flexibility index (Phi) is 6.36. The first kappa shape index (κ1) is 19.1. The molecular formula is C22H20N2O4. The summed E-state index contributed by atoms with van der Waals surface area (Å²) < 4.78 is 10.9. The fourth-order valence-electron chi connectivity index (χ4n) is 2.39. The molecule has 1 amide bonds. The molecule has 142 valence electrons. The predicted molar refractivity (Wildman–Crippen MR) is 105 cm³/mol. The van der Waals surface area contributed by atoms with Crippen molar-refractivity contribution in [3.05, 3.63) is 90.3 Å². The number of hydrogen-bond donors (Lipinski definition) is 1. The van der Waals surface area contributed by atoms with Crippen LogP contribution in [0.15, 0.2) is 79.1 Å². The normalized spacial score (nSPS) is 11.3. The Bertz CT molecular complexity index is 912. The minimum Gasteiger partial charge on any atom is -0.489 e. The van der Waals surface area contributed by atoms with Crippen molar-refractivity contribution in [2.75, 3.05) is 5.32 Å². The summed E-state index contributed by atoms with van der Waals surface area (Å²) in [5, 5.41) is 2.72. The van der Waals surface area contributed by atoms with Gasteiger partial charge in [0.05, 0.1) is 5.56 Å². The molecule has 6 heteroatoms. The largest absolute Gasteiger partial charge is 0.489 e. The average Bonchev–Trinajstić information content (AvgIpc) is 2.74. The Morgan fingerprint density at radius 3 is 2.32 bits per heavy atom. The Morgan fingerprint density at radius 1 is 0.964 bits per heavy atom. The summed E-state index contributed by atoms with van der Waals surface area (Å²) in [7, 11) is 0. The van der Waals surface area contributed by atoms with E-state index in [1.54, 1.807) is 24.3 Å². The van der Waals surface area contributed by atoms with Gasteiger partial charge in [-0.05, 0) is 48.9 Å². The van der Waals surface area contributed by atoms with E-state index < -0.39 is 18.0 Å². The molecule has 0 spiro atoms. The smallest absolute Gasteiger partial charge is 0.339 e. The van der Waals surface area contributed by atoms with Gasteiger partial charge in [-0.3, -0.25) is 9.78 Å². The van der Waals surface area contributed by atoms with Gasteiger partial charge in [-0.15, -0.1) is 0 Å². The number of pyridine rings is 1. The Labute approximate surface area is 163 Å². The zero-order valence-corrected chi connectivity index (χ0v) is 15.4. The molecule has 6 nitrogen and oxygen atoms in total. The molecule has 0 fully saturated rings. The van der Waals surface area contributed by atoms with Gasteiger partial charge in [0.25, 0.3) is 5.91 Å². The Morgan fingerprint density at radius 2 is 1.64 bits per heavy atom. The third kappa shape index (κ3) is 5.41. The van der Waals surface area contributed by atoms with Gasteiger partial charge in [-0.1, -0.05) is 30.3 Å². The number of rotatable bonds is 7. The van der Waals surface area contributed by atoms with Crippen LogP contribution < -0.4 is 10.1 Å². The number of carbonyl (C=O) groups excluding carboxylic acids is 2. The van der Waals surface area contributed by atoms with Gasteiger partial charge >= 0.3 is 5.97 Å². The van der Waals surface area contributed by atoms with Gasteiger partial charge in [0.2, 0.25) is 0 Å². The molecule has 28 heavy (non-hydrogen) atoms. The summed E-state index contributed by atoms with van der Waals surface area (Å²) in [6.07, 6.45) is 2.04. The average molecular weight is 376 g/mol. The molecule has 0 aliphatic carbocycles. The lowest BCUT2D eigenvalue weighted by Crippen LogP contribution is -2.30. The van der Waals surface area contributed by atoms with Crippen LogP contribution in [0.25, 0.3) is 0 Å². The number of aromatic nitrogens is 1. The van der Waals surface area contributed by atoms with Gasteiger partial charge in [-0.25, -0.2) is 4.79 Å². The van der Waals surface area contributed by atoms with Crippen LogP contribution in [0.2, 0.25) is 0 Å². The van der Waals surface area contributed by atoms with E-state index in [9.17, 15) is 9.59 Å². The summed E-state index contributed by atoms with van der Waals surface area (Å²) in [5.74, 6) is -0.297. The van der Waals surface area contributed by atoms with E-state index >= 15 is 0 Å². The van der Waals surface area contributed by atoms with Crippen molar-refractivity contribution in [3.8, 4) is 5.75 Å². The number of amides is 1. The second-order valence-corrected chi connectivity index (χ2v) is 6.07. The fraction of sp³-hybridized carbons (Fsp3) is 0.136. The molecule has 0 aliphatic heterocycles. The topological polar surface area (TPSA) is 77.5 Å². The molecule has 1 N–H and O–H groups in total. The predicted octanol–water partition coefficient (Wildman–Crippen LogP) is 3.84. The molecule has 0 aliphatic rings. The molecule has 1 aromatic heterocycles. The van der Waals surface area contributed by atoms with Crippen molar-refractivity contribution < 1.29 is 19.1 Å². The van der Waals surface area contributed by atoms with Crippen molar-refractivity contribution in [1.29, 1.82) is 0 Å². The summed E-state index contributed by atoms with van der Waals surface area (Å²) in [6.45, 7) is 1.99. The molecule has 0 saturated carbocycles. The monoisotopic (exact) mass is 376 g/mol. The standard InChI is InChI=1S/C22H20N2O4/c1-16(28-22(26)18-11-13-23-14-12-18)21(25)24-19-7-9-20(10-8-19)27-15-17-5-3-2-4-6-17/h2-14,16H,15H2,1H3,(H,24,25)/t16-/m1/s1. The molecule has 0 saturated heterocycles. The van der Waals surface area contributed by atoms with Gasteiger partial charge in [0.15, 0.2) is 6.10 Å². The number of carbonyl (C=O) groups is 2. The molecule has 1 heterocycles. The number of nitrogens with zero attached hydrogens (tertiary/aromatic N) is 1. The van der Waals surface area contributed by atoms with E-state index in [0.717, 1.165) is 5.56 Å². The molecule has 0 bridgehead atoms. The highest BCUT2D eigenvalue weighted by Gasteiger charge is 2.19. The molecule has 3 rings (SSSR count). The van der Waals surface area contributed by atoms with E-state index in [1.165, 1.54) is 31.5 Å². The van der Waals surface area contributed by atoms with E-state index in [0.29, 0.717) is 23.6 Å². The second-order valence-electron chi connectivity index (χ2n) is 6.07. The molecule has 3 aromatic rings. The molecule has 0 radical (unpaired) electrons. The van der Waals surface area contributed by atoms with Crippen LogP contribution in [0.5, 0.6) is 5.75 Å². The Balaban J connectivity index is 1.50. The SMILES string of the molecule is C[C@@H](OC(=O)c1ccncc1)C(=O)Nc1ccc(OCc2ccccc2)cc1. The van der Waals surface area contributed by atoms with Crippen molar-refractivity contribution in [2.45, 2.75) is 19.6 Å². The number of benzene rings is 2. The van der Waals surface area contributed by atoms with E-state index in [4.69, 9.17) is 9.47 Å². The highest BCUT2D eigenvalue weighted by Crippen LogP contribution is 2.17. The van der Waals surface area contributed by atoms with Gasteiger partial charge in [-0.2, -0.15) is 0 Å². The Hall–Kier alpha value is -3.67. The lowest BCUT2D eigenvalue weighted by Gasteiger charge is -2.14. The first-order valence-electron chi connectivity index (χ1n) is 8.80. The minimum atomic E-state index is -0.935. The number of nitrogens with one attached hydrogen (secondary N) is 1. The van der Waals surface area contributed by atoms with E-state index in [1.807, 2.05) is 30.3 Å². The van der Waals surface area contributed by atoms with E-state index in [-0.39, 0.29) is 0 Å². The van der Waals surface area contributed by atoms with Gasteiger partial charge in [0, 0.05) is 18.1 Å². The highest BCUT2D eigenvalue weighted by atomic mass is 16.5. The fourth-order valence-corrected chi connectivity index (χ4v) is 2.39. The van der Waals surface area contributed by atoms with Crippen molar-refractivity contribution in [2.24, 2.45) is 0 Å². The third-order valence-electron chi connectivity index (χ3n) is 3.94. The molecule has 2 aromatic carbocycles. The maximum absolute atomic E-state index is 12.2. The second kappa shape index (κ2) is 9.32. The molecule has 1 atom stereocenters. The van der Waals surface area contributed by atoms with Crippen molar-refractivity contribution >= 4 is 17.6 Å². The van der Waals surface area contributed by atoms with Crippen LogP contribution >= 0.6 is 0 Å². The number of ether oxygens (including phenoxy) is 2. The first-order valence-corrected chi connectivity index (χ1v) is 8.80. The zero-order valence-electron chi connectivity index (χ0n) is 15.4. The molecule has 0 unspecified atom stereocenters. The highest BCUT2D eigenvalue weighted by molar-refractivity contribution is 5.97. The summed E-state index contributed by atoms with van der Waals surface area (Å²) in [4.78, 5) is 28.1. The summed E-state index contributed by atoms with van der Waals surface area (Å²) >= 11 is 0. The van der Waals surface area contributed by atoms with Gasteiger partial charge in [0.1, 0.15) is 12.4 Å². The van der Waals surface area contributed by atoms with Gasteiger partial charge < -0.3 is 14.8 Å². The van der Waals surface area contributed by atoms with Crippen LogP contribution in [-0.4, -0.2) is 23.0 Å². The van der Waals surface area contributed by atoms with E-state index in [2.05, 4.69) is 10.3 Å². The van der Waals surface area contributed by atoms with Crippen LogP contribution in [-0.2, 0) is 16.1 Å². The lowest BCUT2D eigenvalue weighted by molar-refractivity contribution is -0.123. The number of anilines is 1. The summed E-state index contributed by atoms with van der Waals surface area (Å²) in [5.41, 5.74) is 2.00. The minimum absolute atomic E-state index is 0.342. The van der Waals surface area contributed by atoms with Crippen LogP contribution in [0.4, 0.5) is 5.69 Å². The van der Waals surface area contributed by atoms with Crippen molar-refractivity contribution in [1.82, 2.24) is 4.98 Å². The lowest BCUT2D eigenvalue weighted by atomic mass is 10.2.